The summed E-state index contributed by atoms with van der Waals surface area (Å²) in [4.78, 5) is 0. The normalized spacial score (nSPS) is 9.17. The van der Waals surface area contributed by atoms with Crippen LogP contribution >= 0.6 is 23.2 Å². The number of hydrogen-bond acceptors (Lipinski definition) is 2. The van der Waals surface area contributed by atoms with E-state index in [9.17, 15) is 0 Å². The molecule has 0 spiro atoms. The maximum Gasteiger partial charge on any atom is 0.292 e. The maximum absolute atomic E-state index is 8.23. The van der Waals surface area contributed by atoms with Gasteiger partial charge in [0.1, 0.15) is 0 Å². The summed E-state index contributed by atoms with van der Waals surface area (Å²) in [7, 11) is 0. The topological polar surface area (TPSA) is 33.0 Å². The Bertz CT molecular complexity index is 344. The van der Waals surface area contributed by atoms with Gasteiger partial charge in [-0.05, 0) is 18.6 Å². The fraction of sp³-hybridized carbons (Fsp3) is 0.125. The highest BCUT2D eigenvalue weighted by molar-refractivity contribution is 6.34. The summed E-state index contributed by atoms with van der Waals surface area (Å²) >= 11 is 11.5. The van der Waals surface area contributed by atoms with Crippen LogP contribution in [-0.4, -0.2) is 0 Å². The van der Waals surface area contributed by atoms with E-state index in [2.05, 4.69) is 4.74 Å². The van der Waals surface area contributed by atoms with Gasteiger partial charge < -0.3 is 4.74 Å². The zero-order chi connectivity index (χ0) is 9.14. The summed E-state index contributed by atoms with van der Waals surface area (Å²) in [5.41, 5.74) is 0.854. The summed E-state index contributed by atoms with van der Waals surface area (Å²) in [6.45, 7) is 1.82. The second kappa shape index (κ2) is 3.66. The predicted octanol–water partition coefficient (Wildman–Crippen LogP) is 3.16. The van der Waals surface area contributed by atoms with E-state index in [0.29, 0.717) is 10.0 Å². The number of rotatable bonds is 1. The van der Waals surface area contributed by atoms with Crippen molar-refractivity contribution in [2.45, 2.75) is 6.92 Å². The number of benzene rings is 1. The molecule has 2 nitrogen and oxygen atoms in total. The van der Waals surface area contributed by atoms with Crippen molar-refractivity contribution in [2.24, 2.45) is 0 Å². The average Bonchev–Trinajstić information content (AvgIpc) is 2.01. The Morgan fingerprint density at radius 3 is 2.58 bits per heavy atom. The van der Waals surface area contributed by atoms with E-state index in [4.69, 9.17) is 28.5 Å². The molecule has 0 aliphatic carbocycles. The molecule has 0 aromatic heterocycles. The van der Waals surface area contributed by atoms with Gasteiger partial charge in [-0.1, -0.05) is 23.2 Å². The van der Waals surface area contributed by atoms with E-state index in [1.54, 1.807) is 6.07 Å². The molecule has 0 saturated carbocycles. The molecule has 0 fully saturated rings. The number of nitriles is 1. The Morgan fingerprint density at radius 1 is 1.33 bits per heavy atom. The number of halogens is 2. The van der Waals surface area contributed by atoms with Gasteiger partial charge in [-0.25, -0.2) is 0 Å². The van der Waals surface area contributed by atoms with Gasteiger partial charge in [-0.15, -0.1) is 5.26 Å². The van der Waals surface area contributed by atoms with Crippen molar-refractivity contribution in [3.63, 3.8) is 0 Å². The van der Waals surface area contributed by atoms with Gasteiger partial charge in [-0.3, -0.25) is 0 Å². The minimum absolute atomic E-state index is 0.287. The van der Waals surface area contributed by atoms with Crippen LogP contribution in [0.5, 0.6) is 5.75 Å². The van der Waals surface area contributed by atoms with Crippen LogP contribution in [-0.2, 0) is 0 Å². The molecule has 0 N–H and O–H groups in total. The van der Waals surface area contributed by atoms with Crippen molar-refractivity contribution in [2.75, 3.05) is 0 Å². The van der Waals surface area contributed by atoms with Gasteiger partial charge in [0.2, 0.25) is 0 Å². The number of ether oxygens (including phenoxy) is 1. The van der Waals surface area contributed by atoms with Gasteiger partial charge in [0.25, 0.3) is 6.26 Å². The van der Waals surface area contributed by atoms with Crippen LogP contribution in [0.1, 0.15) is 5.56 Å². The Labute approximate surface area is 80.3 Å². The lowest BCUT2D eigenvalue weighted by atomic mass is 10.2. The van der Waals surface area contributed by atoms with Crippen molar-refractivity contribution in [1.82, 2.24) is 0 Å². The standard InChI is InChI=1S/C8H5Cl2NO/c1-5-2-7(10)8(12-4-11)3-6(5)9/h2-3H,1H3. The van der Waals surface area contributed by atoms with Crippen LogP contribution in [0.25, 0.3) is 0 Å². The summed E-state index contributed by atoms with van der Waals surface area (Å²) in [6.07, 6.45) is 1.53. The van der Waals surface area contributed by atoms with Crippen LogP contribution in [0.15, 0.2) is 12.1 Å². The molecule has 0 unspecified atom stereocenters. The quantitative estimate of drug-likeness (QED) is 0.655. The summed E-state index contributed by atoms with van der Waals surface area (Å²) in [6, 6.07) is 3.17. The third-order valence-electron chi connectivity index (χ3n) is 1.37. The Morgan fingerprint density at radius 2 is 2.00 bits per heavy atom. The van der Waals surface area contributed by atoms with Gasteiger partial charge in [-0.2, -0.15) is 0 Å². The molecule has 0 amide bonds. The molecule has 12 heavy (non-hydrogen) atoms. The Kier molecular flexibility index (Phi) is 2.80. The molecular formula is C8H5Cl2NO. The summed E-state index contributed by atoms with van der Waals surface area (Å²) < 4.78 is 4.56. The van der Waals surface area contributed by atoms with Crippen LogP contribution in [0.2, 0.25) is 10.0 Å². The van der Waals surface area contributed by atoms with Crippen molar-refractivity contribution in [3.8, 4) is 12.0 Å². The fourth-order valence-corrected chi connectivity index (χ4v) is 1.17. The average molecular weight is 202 g/mol. The number of hydrogen-bond donors (Lipinski definition) is 0. The van der Waals surface area contributed by atoms with Crippen molar-refractivity contribution < 1.29 is 4.74 Å². The van der Waals surface area contributed by atoms with E-state index in [-0.39, 0.29) is 5.75 Å². The molecule has 1 rings (SSSR count). The Hall–Kier alpha value is -0.910. The van der Waals surface area contributed by atoms with Gasteiger partial charge >= 0.3 is 0 Å². The zero-order valence-electron chi connectivity index (χ0n) is 6.27. The predicted molar refractivity (Wildman–Crippen MR) is 47.4 cm³/mol. The van der Waals surface area contributed by atoms with Crippen LogP contribution < -0.4 is 4.74 Å². The molecule has 1 aromatic carbocycles. The van der Waals surface area contributed by atoms with E-state index in [1.165, 1.54) is 12.3 Å². The molecule has 62 valence electrons. The van der Waals surface area contributed by atoms with Crippen LogP contribution in [0.4, 0.5) is 0 Å². The van der Waals surface area contributed by atoms with Gasteiger partial charge in [0.05, 0.1) is 5.02 Å². The van der Waals surface area contributed by atoms with Crippen molar-refractivity contribution >= 4 is 23.2 Å². The zero-order valence-corrected chi connectivity index (χ0v) is 7.78. The number of aryl methyl sites for hydroxylation is 1. The molecule has 0 atom stereocenters. The minimum atomic E-state index is 0.287. The SMILES string of the molecule is Cc1cc(Cl)c(OC#N)cc1Cl. The second-order valence-corrected chi connectivity index (χ2v) is 3.04. The molecular weight excluding hydrogens is 197 g/mol. The lowest BCUT2D eigenvalue weighted by Gasteiger charge is -2.02. The first-order valence-electron chi connectivity index (χ1n) is 3.16. The molecule has 0 saturated heterocycles. The first-order chi connectivity index (χ1) is 5.65. The van der Waals surface area contributed by atoms with E-state index >= 15 is 0 Å². The number of nitrogens with zero attached hydrogens (tertiary/aromatic N) is 1. The first-order valence-corrected chi connectivity index (χ1v) is 3.92. The van der Waals surface area contributed by atoms with Crippen LogP contribution in [0, 0.1) is 18.4 Å². The monoisotopic (exact) mass is 201 g/mol. The largest absolute Gasteiger partial charge is 0.386 e. The first kappa shape index (κ1) is 9.18. The van der Waals surface area contributed by atoms with Crippen LogP contribution in [0.3, 0.4) is 0 Å². The lowest BCUT2D eigenvalue weighted by Crippen LogP contribution is -1.85. The molecule has 0 aliphatic rings. The van der Waals surface area contributed by atoms with E-state index in [0.717, 1.165) is 5.56 Å². The second-order valence-electron chi connectivity index (χ2n) is 2.23. The molecule has 1 aromatic rings. The molecule has 0 bridgehead atoms. The van der Waals surface area contributed by atoms with E-state index < -0.39 is 0 Å². The molecule has 4 heteroatoms. The minimum Gasteiger partial charge on any atom is -0.386 e. The highest BCUT2D eigenvalue weighted by atomic mass is 35.5. The highest BCUT2D eigenvalue weighted by Crippen LogP contribution is 2.30. The van der Waals surface area contributed by atoms with Crippen molar-refractivity contribution in [3.05, 3.63) is 27.7 Å². The van der Waals surface area contributed by atoms with Gasteiger partial charge in [0, 0.05) is 11.1 Å². The Balaban J connectivity index is 3.16. The van der Waals surface area contributed by atoms with Crippen molar-refractivity contribution in [1.29, 1.82) is 5.26 Å². The third-order valence-corrected chi connectivity index (χ3v) is 2.07. The van der Waals surface area contributed by atoms with E-state index in [1.807, 2.05) is 6.92 Å². The highest BCUT2D eigenvalue weighted by Gasteiger charge is 2.05. The molecule has 0 aliphatic heterocycles. The molecule has 0 heterocycles. The fourth-order valence-electron chi connectivity index (χ4n) is 0.755. The maximum atomic E-state index is 8.23. The third kappa shape index (κ3) is 1.82. The smallest absolute Gasteiger partial charge is 0.292 e. The summed E-state index contributed by atoms with van der Waals surface area (Å²) in [5, 5.41) is 9.15. The molecule has 0 radical (unpaired) electrons. The lowest BCUT2D eigenvalue weighted by molar-refractivity contribution is 0.507. The van der Waals surface area contributed by atoms with Gasteiger partial charge in [0.15, 0.2) is 5.75 Å². The summed E-state index contributed by atoms with van der Waals surface area (Å²) in [5.74, 6) is 0.287.